The lowest BCUT2D eigenvalue weighted by molar-refractivity contribution is -0.166. The van der Waals surface area contributed by atoms with Gasteiger partial charge in [-0.1, -0.05) is 30.3 Å². The molecule has 1 aromatic rings. The summed E-state index contributed by atoms with van der Waals surface area (Å²) in [5.74, 6) is 0. The zero-order valence-corrected chi connectivity index (χ0v) is 13.8. The number of nitrogens with one attached hydrogen (secondary N) is 2. The summed E-state index contributed by atoms with van der Waals surface area (Å²) in [5, 5.41) is 14.1. The Morgan fingerprint density at radius 3 is 2.32 bits per heavy atom. The first-order valence-electron chi connectivity index (χ1n) is 8.29. The van der Waals surface area contributed by atoms with E-state index in [-0.39, 0.29) is 18.7 Å². The first kappa shape index (κ1) is 19.5. The number of hydrogen-bond donors (Lipinski definition) is 3. The lowest BCUT2D eigenvalue weighted by Gasteiger charge is -2.32. The minimum atomic E-state index is -4.47. The molecule has 5 nitrogen and oxygen atoms in total. The summed E-state index contributed by atoms with van der Waals surface area (Å²) in [6, 6.07) is 6.94. The van der Waals surface area contributed by atoms with Gasteiger partial charge in [-0.2, -0.15) is 13.2 Å². The molecule has 0 spiro atoms. The summed E-state index contributed by atoms with van der Waals surface area (Å²) in [7, 11) is 0. The van der Waals surface area contributed by atoms with Crippen molar-refractivity contribution in [3.63, 3.8) is 0 Å². The monoisotopic (exact) mass is 360 g/mol. The Kier molecular flexibility index (Phi) is 7.07. The standard InChI is InChI=1S/C17H23F3N2O3/c18-17(19,20)15(10-23)21-13-6-8-14(9-7-13)22-16(24)25-11-12-4-2-1-3-5-12/h1-5,13-15,21,23H,6-11H2,(H,22,24)/t13-,14+,15-/m1/s1. The summed E-state index contributed by atoms with van der Waals surface area (Å²) >= 11 is 0. The van der Waals surface area contributed by atoms with E-state index in [1.807, 2.05) is 30.3 Å². The van der Waals surface area contributed by atoms with Gasteiger partial charge in [0.25, 0.3) is 0 Å². The van der Waals surface area contributed by atoms with Gasteiger partial charge in [0.2, 0.25) is 0 Å². The summed E-state index contributed by atoms with van der Waals surface area (Å²) in [5.41, 5.74) is 0.882. The molecule has 0 unspecified atom stereocenters. The van der Waals surface area contributed by atoms with E-state index < -0.39 is 24.9 Å². The third kappa shape index (κ3) is 6.55. The molecule has 1 amide bonds. The van der Waals surface area contributed by atoms with Gasteiger partial charge in [-0.25, -0.2) is 4.79 Å². The quantitative estimate of drug-likeness (QED) is 0.730. The number of rotatable bonds is 6. The number of aliphatic hydroxyl groups excluding tert-OH is 1. The molecule has 1 fully saturated rings. The predicted octanol–water partition coefficient (Wildman–Crippen LogP) is 2.74. The van der Waals surface area contributed by atoms with Crippen LogP contribution in [0.15, 0.2) is 30.3 Å². The number of benzene rings is 1. The van der Waals surface area contributed by atoms with E-state index in [2.05, 4.69) is 10.6 Å². The zero-order chi connectivity index (χ0) is 18.3. The normalized spacial score (nSPS) is 22.2. The van der Waals surface area contributed by atoms with Crippen molar-refractivity contribution in [1.29, 1.82) is 0 Å². The molecule has 1 aliphatic carbocycles. The first-order valence-corrected chi connectivity index (χ1v) is 8.29. The maximum Gasteiger partial charge on any atom is 0.407 e. The molecule has 1 atom stereocenters. The molecule has 2 rings (SSSR count). The Bertz CT molecular complexity index is 532. The molecule has 1 saturated carbocycles. The summed E-state index contributed by atoms with van der Waals surface area (Å²) in [6.45, 7) is -0.805. The zero-order valence-electron chi connectivity index (χ0n) is 13.8. The molecule has 1 aromatic carbocycles. The average molecular weight is 360 g/mol. The third-order valence-corrected chi connectivity index (χ3v) is 4.28. The topological polar surface area (TPSA) is 70.6 Å². The second kappa shape index (κ2) is 9.05. The van der Waals surface area contributed by atoms with Gasteiger partial charge >= 0.3 is 12.3 Å². The van der Waals surface area contributed by atoms with Gasteiger partial charge in [0.1, 0.15) is 12.6 Å². The van der Waals surface area contributed by atoms with E-state index in [1.54, 1.807) is 0 Å². The van der Waals surface area contributed by atoms with Crippen LogP contribution in [-0.4, -0.2) is 42.1 Å². The van der Waals surface area contributed by atoms with Crippen molar-refractivity contribution in [2.45, 2.75) is 56.6 Å². The van der Waals surface area contributed by atoms with Crippen molar-refractivity contribution in [2.24, 2.45) is 0 Å². The van der Waals surface area contributed by atoms with Crippen LogP contribution < -0.4 is 10.6 Å². The fraction of sp³-hybridized carbons (Fsp3) is 0.588. The highest BCUT2D eigenvalue weighted by Crippen LogP contribution is 2.24. The first-order chi connectivity index (χ1) is 11.9. The van der Waals surface area contributed by atoms with Crippen LogP contribution in [0.2, 0.25) is 0 Å². The Labute approximate surface area is 144 Å². The minimum absolute atomic E-state index is 0.111. The SMILES string of the molecule is O=C(N[C@H]1CC[C@@H](N[C@H](CO)C(F)(F)F)CC1)OCc1ccccc1. The molecule has 25 heavy (non-hydrogen) atoms. The fourth-order valence-electron chi connectivity index (χ4n) is 2.87. The average Bonchev–Trinajstić information content (AvgIpc) is 2.59. The highest BCUT2D eigenvalue weighted by molar-refractivity contribution is 5.67. The van der Waals surface area contributed by atoms with Gasteiger partial charge in [-0.15, -0.1) is 0 Å². The molecule has 140 valence electrons. The van der Waals surface area contributed by atoms with Crippen LogP contribution >= 0.6 is 0 Å². The second-order valence-electron chi connectivity index (χ2n) is 6.20. The highest BCUT2D eigenvalue weighted by atomic mass is 19.4. The maximum atomic E-state index is 12.7. The molecule has 1 aliphatic rings. The molecule has 0 aromatic heterocycles. The highest BCUT2D eigenvalue weighted by Gasteiger charge is 2.40. The van der Waals surface area contributed by atoms with Crippen LogP contribution in [0.1, 0.15) is 31.2 Å². The van der Waals surface area contributed by atoms with Crippen molar-refractivity contribution < 1.29 is 27.8 Å². The van der Waals surface area contributed by atoms with Gasteiger partial charge in [-0.3, -0.25) is 0 Å². The molecule has 8 heteroatoms. The van der Waals surface area contributed by atoms with Gasteiger partial charge in [0.05, 0.1) is 6.61 Å². The number of carbonyl (C=O) groups excluding carboxylic acids is 1. The predicted molar refractivity (Wildman–Crippen MR) is 85.9 cm³/mol. The fourth-order valence-corrected chi connectivity index (χ4v) is 2.87. The second-order valence-corrected chi connectivity index (χ2v) is 6.20. The molecular formula is C17H23F3N2O3. The van der Waals surface area contributed by atoms with E-state index >= 15 is 0 Å². The number of ether oxygens (including phenoxy) is 1. The number of hydrogen-bond acceptors (Lipinski definition) is 4. The van der Waals surface area contributed by atoms with Crippen LogP contribution in [0, 0.1) is 0 Å². The summed E-state index contributed by atoms with van der Waals surface area (Å²) < 4.78 is 43.1. The van der Waals surface area contributed by atoms with E-state index in [0.29, 0.717) is 25.7 Å². The molecule has 3 N–H and O–H groups in total. The number of alkyl halides is 3. The van der Waals surface area contributed by atoms with Crippen molar-refractivity contribution in [2.75, 3.05) is 6.61 Å². The third-order valence-electron chi connectivity index (χ3n) is 4.28. The molecule has 0 saturated heterocycles. The van der Waals surface area contributed by atoms with Crippen LogP contribution in [0.5, 0.6) is 0 Å². The lowest BCUT2D eigenvalue weighted by atomic mass is 9.91. The summed E-state index contributed by atoms with van der Waals surface area (Å²) in [4.78, 5) is 11.8. The maximum absolute atomic E-state index is 12.7. The van der Waals surface area contributed by atoms with E-state index in [1.165, 1.54) is 0 Å². The Hall–Kier alpha value is -1.80. The van der Waals surface area contributed by atoms with Crippen LogP contribution in [0.25, 0.3) is 0 Å². The van der Waals surface area contributed by atoms with Crippen molar-refractivity contribution in [3.05, 3.63) is 35.9 Å². The molecule has 0 bridgehead atoms. The number of alkyl carbamates (subject to hydrolysis) is 1. The lowest BCUT2D eigenvalue weighted by Crippen LogP contribution is -2.51. The largest absolute Gasteiger partial charge is 0.445 e. The number of carbonyl (C=O) groups is 1. The van der Waals surface area contributed by atoms with E-state index in [0.717, 1.165) is 5.56 Å². The van der Waals surface area contributed by atoms with Gasteiger partial charge < -0.3 is 20.5 Å². The Morgan fingerprint density at radius 1 is 1.16 bits per heavy atom. The van der Waals surface area contributed by atoms with Gasteiger partial charge in [0.15, 0.2) is 0 Å². The molecule has 0 radical (unpaired) electrons. The molecule has 0 aliphatic heterocycles. The number of halogens is 3. The summed E-state index contributed by atoms with van der Waals surface area (Å²) in [6.07, 6.45) is -2.87. The Balaban J connectivity index is 1.68. The molecular weight excluding hydrogens is 337 g/mol. The van der Waals surface area contributed by atoms with E-state index in [4.69, 9.17) is 9.84 Å². The van der Waals surface area contributed by atoms with Crippen LogP contribution in [-0.2, 0) is 11.3 Å². The van der Waals surface area contributed by atoms with E-state index in [9.17, 15) is 18.0 Å². The van der Waals surface area contributed by atoms with Crippen molar-refractivity contribution in [1.82, 2.24) is 10.6 Å². The van der Waals surface area contributed by atoms with Crippen LogP contribution in [0.4, 0.5) is 18.0 Å². The smallest absolute Gasteiger partial charge is 0.407 e. The van der Waals surface area contributed by atoms with Gasteiger partial charge in [0, 0.05) is 12.1 Å². The van der Waals surface area contributed by atoms with Crippen molar-refractivity contribution in [3.8, 4) is 0 Å². The van der Waals surface area contributed by atoms with Crippen molar-refractivity contribution >= 4 is 6.09 Å². The molecule has 0 heterocycles. The number of amides is 1. The Morgan fingerprint density at radius 2 is 1.76 bits per heavy atom. The number of aliphatic hydroxyl groups is 1. The van der Waals surface area contributed by atoms with Crippen LogP contribution in [0.3, 0.4) is 0 Å². The van der Waals surface area contributed by atoms with Gasteiger partial charge in [-0.05, 0) is 31.2 Å². The minimum Gasteiger partial charge on any atom is -0.445 e.